The number of aromatic nitrogens is 3. The molecule has 0 saturated carbocycles. The van der Waals surface area contributed by atoms with Gasteiger partial charge in [-0.1, -0.05) is 84.9 Å². The van der Waals surface area contributed by atoms with Crippen LogP contribution in [0.15, 0.2) is 120 Å². The lowest BCUT2D eigenvalue weighted by atomic mass is 10.0. The van der Waals surface area contributed by atoms with Crippen molar-refractivity contribution in [2.24, 2.45) is 0 Å². The Kier molecular flexibility index (Phi) is 4.18. The number of rotatable bonds is 2. The molecule has 0 N–H and O–H groups in total. The Morgan fingerprint density at radius 1 is 0.538 bits per heavy atom. The number of para-hydroxylation sites is 3. The number of hydrogen-bond donors (Lipinski definition) is 0. The molecule has 9 rings (SSSR count). The zero-order chi connectivity index (χ0) is 25.5. The monoisotopic (exact) mass is 517 g/mol. The van der Waals surface area contributed by atoms with Crippen molar-refractivity contribution in [3.63, 3.8) is 0 Å². The molecule has 0 aliphatic heterocycles. The first-order valence-corrected chi connectivity index (χ1v) is 13.8. The van der Waals surface area contributed by atoms with Crippen molar-refractivity contribution in [3.8, 4) is 17.2 Å². The van der Waals surface area contributed by atoms with E-state index in [0.29, 0.717) is 5.95 Å². The Bertz CT molecular complexity index is 2340. The number of fused-ring (bicyclic) bond motifs is 10. The summed E-state index contributed by atoms with van der Waals surface area (Å²) in [6, 6.07) is 39.9. The van der Waals surface area contributed by atoms with Gasteiger partial charge in [0.05, 0.1) is 16.7 Å². The summed E-state index contributed by atoms with van der Waals surface area (Å²) in [6.07, 6.45) is 0. The van der Waals surface area contributed by atoms with Crippen molar-refractivity contribution in [3.05, 3.63) is 115 Å². The van der Waals surface area contributed by atoms with Crippen molar-refractivity contribution in [2.45, 2.75) is 0 Å². The van der Waals surface area contributed by atoms with Gasteiger partial charge < -0.3 is 4.42 Å². The summed E-state index contributed by atoms with van der Waals surface area (Å²) in [7, 11) is 0. The third-order valence-electron chi connectivity index (χ3n) is 7.65. The summed E-state index contributed by atoms with van der Waals surface area (Å²) < 4.78 is 9.64. The molecule has 0 radical (unpaired) electrons. The number of hydrogen-bond acceptors (Lipinski definition) is 4. The molecule has 0 bridgehead atoms. The first kappa shape index (κ1) is 21.0. The molecule has 0 saturated heterocycles. The predicted octanol–water partition coefficient (Wildman–Crippen LogP) is 9.51. The minimum Gasteiger partial charge on any atom is -0.456 e. The highest BCUT2D eigenvalue weighted by molar-refractivity contribution is 7.25. The average Bonchev–Trinajstić information content (AvgIpc) is 3.66. The van der Waals surface area contributed by atoms with Crippen LogP contribution in [0, 0.1) is 0 Å². The van der Waals surface area contributed by atoms with Crippen LogP contribution in [-0.4, -0.2) is 14.5 Å². The molecule has 39 heavy (non-hydrogen) atoms. The standard InChI is InChI=1S/C34H19N3OS/c1-2-10-20(11-3-1)32-31-30-28(19-18-27-29(30)23-14-6-9-17-26(23)38-27)39-33(31)36-34(35-32)37-24-15-7-4-12-21(24)22-13-5-8-16-25(22)37/h1-19H. The second kappa shape index (κ2) is 7.76. The van der Waals surface area contributed by atoms with Gasteiger partial charge in [0.15, 0.2) is 0 Å². The molecule has 5 heteroatoms. The van der Waals surface area contributed by atoms with E-state index in [1.54, 1.807) is 11.3 Å². The summed E-state index contributed by atoms with van der Waals surface area (Å²) in [6.45, 7) is 0. The van der Waals surface area contributed by atoms with Gasteiger partial charge in [0.1, 0.15) is 16.0 Å². The van der Waals surface area contributed by atoms with Gasteiger partial charge in [0.2, 0.25) is 5.95 Å². The largest absolute Gasteiger partial charge is 0.456 e. The third kappa shape index (κ3) is 2.88. The highest BCUT2D eigenvalue weighted by Crippen LogP contribution is 2.45. The van der Waals surface area contributed by atoms with E-state index in [1.165, 1.54) is 15.5 Å². The van der Waals surface area contributed by atoms with Crippen LogP contribution in [0.4, 0.5) is 0 Å². The SMILES string of the molecule is c1ccc(-c2nc(-n3c4ccccc4c4ccccc43)nc3sc4ccc5oc6ccccc6c5c4c23)cc1. The normalized spacial score (nSPS) is 12.1. The van der Waals surface area contributed by atoms with Gasteiger partial charge in [-0.25, -0.2) is 9.97 Å². The Morgan fingerprint density at radius 2 is 1.21 bits per heavy atom. The van der Waals surface area contributed by atoms with Crippen LogP contribution >= 0.6 is 11.3 Å². The van der Waals surface area contributed by atoms with Crippen LogP contribution in [0.25, 0.3) is 81.3 Å². The molecule has 0 aliphatic rings. The van der Waals surface area contributed by atoms with E-state index in [2.05, 4.69) is 102 Å². The summed E-state index contributed by atoms with van der Waals surface area (Å²) in [5, 5.41) is 6.86. The van der Waals surface area contributed by atoms with Crippen LogP contribution in [-0.2, 0) is 0 Å². The fourth-order valence-corrected chi connectivity index (χ4v) is 7.08. The number of furan rings is 1. The summed E-state index contributed by atoms with van der Waals surface area (Å²) in [4.78, 5) is 11.6. The Hall–Kier alpha value is -5.00. The van der Waals surface area contributed by atoms with Gasteiger partial charge in [-0.15, -0.1) is 11.3 Å². The van der Waals surface area contributed by atoms with Crippen molar-refractivity contribution < 1.29 is 4.42 Å². The minimum absolute atomic E-state index is 0.679. The van der Waals surface area contributed by atoms with E-state index < -0.39 is 0 Å². The quantitative estimate of drug-likeness (QED) is 0.229. The van der Waals surface area contributed by atoms with E-state index in [1.807, 2.05) is 18.2 Å². The highest BCUT2D eigenvalue weighted by atomic mass is 32.1. The second-order valence-electron chi connectivity index (χ2n) is 9.80. The smallest absolute Gasteiger partial charge is 0.236 e. The van der Waals surface area contributed by atoms with E-state index in [4.69, 9.17) is 14.4 Å². The minimum atomic E-state index is 0.679. The van der Waals surface area contributed by atoms with Gasteiger partial charge in [-0.3, -0.25) is 4.57 Å². The van der Waals surface area contributed by atoms with Gasteiger partial charge in [-0.2, -0.15) is 0 Å². The molecule has 9 aromatic rings. The molecule has 0 unspecified atom stereocenters. The molecule has 5 aromatic carbocycles. The average molecular weight is 518 g/mol. The Morgan fingerprint density at radius 3 is 1.97 bits per heavy atom. The maximum absolute atomic E-state index is 6.26. The van der Waals surface area contributed by atoms with Gasteiger partial charge >= 0.3 is 0 Å². The van der Waals surface area contributed by atoms with Crippen LogP contribution in [0.5, 0.6) is 0 Å². The zero-order valence-corrected chi connectivity index (χ0v) is 21.4. The molecule has 4 aromatic heterocycles. The van der Waals surface area contributed by atoms with Crippen molar-refractivity contribution in [2.75, 3.05) is 0 Å². The Balaban J connectivity index is 1.48. The lowest BCUT2D eigenvalue weighted by molar-refractivity contribution is 0.669. The van der Waals surface area contributed by atoms with Crippen molar-refractivity contribution >= 4 is 75.4 Å². The molecule has 0 aliphatic carbocycles. The molecule has 182 valence electrons. The molecular weight excluding hydrogens is 498 g/mol. The third-order valence-corrected chi connectivity index (χ3v) is 8.70. The number of thiophene rings is 1. The fourth-order valence-electron chi connectivity index (χ4n) is 6.01. The zero-order valence-electron chi connectivity index (χ0n) is 20.6. The van der Waals surface area contributed by atoms with Crippen LogP contribution < -0.4 is 0 Å². The molecule has 4 heterocycles. The first-order chi connectivity index (χ1) is 19.3. The summed E-state index contributed by atoms with van der Waals surface area (Å²) in [5.74, 6) is 0.679. The fraction of sp³-hybridized carbons (Fsp3) is 0. The first-order valence-electron chi connectivity index (χ1n) is 12.9. The van der Waals surface area contributed by atoms with E-state index in [-0.39, 0.29) is 0 Å². The summed E-state index contributed by atoms with van der Waals surface area (Å²) in [5.41, 5.74) is 5.97. The lowest BCUT2D eigenvalue weighted by Crippen LogP contribution is -2.02. The molecule has 0 amide bonds. The van der Waals surface area contributed by atoms with Gasteiger partial charge in [0, 0.05) is 42.6 Å². The lowest BCUT2D eigenvalue weighted by Gasteiger charge is -2.10. The number of nitrogens with zero attached hydrogens (tertiary/aromatic N) is 3. The van der Waals surface area contributed by atoms with Crippen molar-refractivity contribution in [1.82, 2.24) is 14.5 Å². The Labute approximate surface area is 226 Å². The van der Waals surface area contributed by atoms with E-state index >= 15 is 0 Å². The second-order valence-corrected chi connectivity index (χ2v) is 10.8. The maximum atomic E-state index is 6.26. The van der Waals surface area contributed by atoms with Crippen LogP contribution in [0.2, 0.25) is 0 Å². The van der Waals surface area contributed by atoms with E-state index in [0.717, 1.165) is 59.8 Å². The number of benzene rings is 5. The van der Waals surface area contributed by atoms with Gasteiger partial charge in [0.25, 0.3) is 0 Å². The molecule has 0 atom stereocenters. The topological polar surface area (TPSA) is 43.9 Å². The molecular formula is C34H19N3OS. The molecule has 4 nitrogen and oxygen atoms in total. The predicted molar refractivity (Wildman–Crippen MR) is 162 cm³/mol. The van der Waals surface area contributed by atoms with Crippen molar-refractivity contribution in [1.29, 1.82) is 0 Å². The summed E-state index contributed by atoms with van der Waals surface area (Å²) >= 11 is 1.71. The van der Waals surface area contributed by atoms with Crippen LogP contribution in [0.3, 0.4) is 0 Å². The highest BCUT2D eigenvalue weighted by Gasteiger charge is 2.22. The van der Waals surface area contributed by atoms with Crippen LogP contribution in [0.1, 0.15) is 0 Å². The van der Waals surface area contributed by atoms with E-state index in [9.17, 15) is 0 Å². The molecule has 0 spiro atoms. The maximum Gasteiger partial charge on any atom is 0.236 e. The van der Waals surface area contributed by atoms with Gasteiger partial charge in [-0.05, 0) is 30.3 Å². The molecule has 0 fully saturated rings.